The van der Waals surface area contributed by atoms with E-state index in [1.54, 1.807) is 11.9 Å². The van der Waals surface area contributed by atoms with Crippen LogP contribution in [-0.4, -0.2) is 108 Å². The highest BCUT2D eigenvalue weighted by molar-refractivity contribution is 5.69. The molecule has 1 aliphatic carbocycles. The van der Waals surface area contributed by atoms with Crippen molar-refractivity contribution >= 4 is 12.1 Å². The molecule has 0 aromatic heterocycles. The number of nitrogens with zero attached hydrogens (tertiary/aromatic N) is 4. The molecular formula is C24H42N4O4. The Labute approximate surface area is 192 Å². The van der Waals surface area contributed by atoms with Crippen molar-refractivity contribution in [2.24, 2.45) is 5.92 Å². The zero-order chi connectivity index (χ0) is 22.5. The van der Waals surface area contributed by atoms with Crippen LogP contribution < -0.4 is 0 Å². The van der Waals surface area contributed by atoms with Gasteiger partial charge in [0.2, 0.25) is 0 Å². The van der Waals surface area contributed by atoms with Crippen LogP contribution in [0.4, 0.5) is 4.79 Å². The van der Waals surface area contributed by atoms with Crippen molar-refractivity contribution in [2.45, 2.75) is 82.5 Å². The maximum atomic E-state index is 11.9. The van der Waals surface area contributed by atoms with Gasteiger partial charge >= 0.3 is 12.1 Å². The summed E-state index contributed by atoms with van der Waals surface area (Å²) in [5.74, 6) is 0.175. The third kappa shape index (κ3) is 6.58. The van der Waals surface area contributed by atoms with E-state index in [2.05, 4.69) is 14.7 Å². The number of carbonyl (C=O) groups excluding carboxylic acids is 1. The van der Waals surface area contributed by atoms with E-state index in [1.807, 2.05) is 0 Å². The molecule has 0 bridgehead atoms. The molecular weight excluding hydrogens is 408 g/mol. The predicted molar refractivity (Wildman–Crippen MR) is 122 cm³/mol. The second kappa shape index (κ2) is 11.2. The van der Waals surface area contributed by atoms with Crippen LogP contribution in [0.1, 0.15) is 64.2 Å². The zero-order valence-electron chi connectivity index (χ0n) is 19.8. The molecule has 3 heterocycles. The van der Waals surface area contributed by atoms with Crippen LogP contribution in [-0.2, 0) is 9.53 Å². The fraction of sp³-hybridized carbons (Fsp3) is 0.917. The lowest BCUT2D eigenvalue weighted by Gasteiger charge is -2.43. The summed E-state index contributed by atoms with van der Waals surface area (Å²) >= 11 is 0. The van der Waals surface area contributed by atoms with Gasteiger partial charge in [-0.2, -0.15) is 0 Å². The molecule has 1 saturated carbocycles. The first-order chi connectivity index (χ1) is 15.5. The largest absolute Gasteiger partial charge is 0.481 e. The lowest BCUT2D eigenvalue weighted by molar-refractivity contribution is -0.137. The quantitative estimate of drug-likeness (QED) is 0.485. The van der Waals surface area contributed by atoms with Gasteiger partial charge in [-0.05, 0) is 64.1 Å². The van der Waals surface area contributed by atoms with Gasteiger partial charge in [0.15, 0.2) is 6.23 Å². The van der Waals surface area contributed by atoms with Gasteiger partial charge in [-0.15, -0.1) is 0 Å². The zero-order valence-corrected chi connectivity index (χ0v) is 19.8. The van der Waals surface area contributed by atoms with Crippen LogP contribution in [0.15, 0.2) is 0 Å². The Balaban J connectivity index is 1.22. The average Bonchev–Trinajstić information content (AvgIpc) is 3.57. The number of carboxylic acid groups (broad SMARTS) is 1. The lowest BCUT2D eigenvalue weighted by Crippen LogP contribution is -2.57. The van der Waals surface area contributed by atoms with Gasteiger partial charge in [-0.3, -0.25) is 9.69 Å². The van der Waals surface area contributed by atoms with Crippen molar-refractivity contribution in [1.82, 2.24) is 19.6 Å². The van der Waals surface area contributed by atoms with Crippen LogP contribution in [0.5, 0.6) is 0 Å². The fourth-order valence-electron chi connectivity index (χ4n) is 5.81. The van der Waals surface area contributed by atoms with Crippen LogP contribution >= 0.6 is 0 Å². The molecule has 4 rings (SSSR count). The van der Waals surface area contributed by atoms with Crippen LogP contribution in [0.2, 0.25) is 0 Å². The van der Waals surface area contributed by atoms with Gasteiger partial charge in [0.05, 0.1) is 6.54 Å². The van der Waals surface area contributed by atoms with E-state index in [1.165, 1.54) is 58.0 Å². The number of carbonyl (C=O) groups is 2. The Morgan fingerprint density at radius 3 is 2.41 bits per heavy atom. The van der Waals surface area contributed by atoms with Crippen LogP contribution in [0, 0.1) is 5.92 Å². The molecule has 182 valence electrons. The molecule has 0 aromatic rings. The molecule has 1 N–H and O–H groups in total. The second-order valence-electron chi connectivity index (χ2n) is 10.4. The first-order valence-electron chi connectivity index (χ1n) is 12.9. The number of hydrogen-bond acceptors (Lipinski definition) is 6. The van der Waals surface area contributed by atoms with Gasteiger partial charge in [-0.25, -0.2) is 4.79 Å². The molecule has 8 nitrogen and oxygen atoms in total. The third-order valence-corrected chi connectivity index (χ3v) is 7.94. The summed E-state index contributed by atoms with van der Waals surface area (Å²) in [7, 11) is 1.80. The molecule has 0 aromatic carbocycles. The summed E-state index contributed by atoms with van der Waals surface area (Å²) in [6, 6.07) is 1.28. The molecule has 32 heavy (non-hydrogen) atoms. The minimum absolute atomic E-state index is 0.148. The normalized spacial score (nSPS) is 28.9. The molecule has 0 spiro atoms. The van der Waals surface area contributed by atoms with Crippen LogP contribution in [0.25, 0.3) is 0 Å². The number of cyclic esters (lactones) is 1. The van der Waals surface area contributed by atoms with E-state index < -0.39 is 5.97 Å². The Morgan fingerprint density at radius 1 is 1.00 bits per heavy atom. The Hall–Kier alpha value is -1.38. The first kappa shape index (κ1) is 23.8. The van der Waals surface area contributed by atoms with E-state index in [4.69, 9.17) is 9.84 Å². The highest BCUT2D eigenvalue weighted by atomic mass is 16.6. The first-order valence-corrected chi connectivity index (χ1v) is 12.9. The van der Waals surface area contributed by atoms with Crippen LogP contribution in [0.3, 0.4) is 0 Å². The average molecular weight is 451 g/mol. The summed E-state index contributed by atoms with van der Waals surface area (Å²) in [5.41, 5.74) is 0. The van der Waals surface area contributed by atoms with Crippen molar-refractivity contribution in [2.75, 3.05) is 52.9 Å². The maximum absolute atomic E-state index is 11.9. The van der Waals surface area contributed by atoms with Crippen molar-refractivity contribution < 1.29 is 19.4 Å². The smallest absolute Gasteiger partial charge is 0.411 e. The number of piperidine rings is 1. The molecule has 3 aliphatic heterocycles. The highest BCUT2D eigenvalue weighted by Gasteiger charge is 2.39. The molecule has 4 aliphatic rings. The SMILES string of the molecule is CN1CC(N2CCN(CCCC(=O)O)CC2CCCCC2CCN(C3CC3)CC2)OC1=O. The van der Waals surface area contributed by atoms with E-state index in [0.717, 1.165) is 44.6 Å². The number of piperazine rings is 1. The van der Waals surface area contributed by atoms with Gasteiger partial charge in [0, 0.05) is 45.2 Å². The second-order valence-corrected chi connectivity index (χ2v) is 10.4. The number of aliphatic carboxylic acids is 1. The monoisotopic (exact) mass is 450 g/mol. The van der Waals surface area contributed by atoms with Gasteiger partial charge in [-0.1, -0.05) is 19.3 Å². The van der Waals surface area contributed by atoms with Crippen molar-refractivity contribution in [1.29, 1.82) is 0 Å². The lowest BCUT2D eigenvalue weighted by atomic mass is 9.90. The highest BCUT2D eigenvalue weighted by Crippen LogP contribution is 2.32. The minimum Gasteiger partial charge on any atom is -0.481 e. The fourth-order valence-corrected chi connectivity index (χ4v) is 5.81. The Morgan fingerprint density at radius 2 is 1.75 bits per heavy atom. The number of rotatable bonds is 11. The third-order valence-electron chi connectivity index (χ3n) is 7.94. The molecule has 1 amide bonds. The number of likely N-dealkylation sites (N-methyl/N-ethyl adjacent to an activating group) is 1. The van der Waals surface area contributed by atoms with Crippen molar-refractivity contribution in [3.05, 3.63) is 0 Å². The Kier molecular flexibility index (Phi) is 8.29. The number of ether oxygens (including phenoxy) is 1. The number of hydrogen-bond donors (Lipinski definition) is 1. The molecule has 8 heteroatoms. The minimum atomic E-state index is -0.718. The molecule has 2 unspecified atom stereocenters. The van der Waals surface area contributed by atoms with Crippen molar-refractivity contribution in [3.63, 3.8) is 0 Å². The summed E-state index contributed by atoms with van der Waals surface area (Å²) in [6.45, 7) is 6.80. The van der Waals surface area contributed by atoms with Gasteiger partial charge in [0.25, 0.3) is 0 Å². The number of likely N-dealkylation sites (tertiary alicyclic amines) is 1. The molecule has 3 saturated heterocycles. The van der Waals surface area contributed by atoms with Crippen molar-refractivity contribution in [3.8, 4) is 0 Å². The standard InChI is InChI=1S/C24H42N4O4/c1-25-18-22(32-24(25)31)28-16-15-26(12-4-7-23(29)30)17-21(28)6-3-2-5-19-10-13-27(14-11-19)20-8-9-20/h19-22H,2-18H2,1H3,(H,29,30). The van der Waals surface area contributed by atoms with Gasteiger partial charge < -0.3 is 24.5 Å². The number of carboxylic acids is 1. The summed E-state index contributed by atoms with van der Waals surface area (Å²) in [4.78, 5) is 31.9. The summed E-state index contributed by atoms with van der Waals surface area (Å²) < 4.78 is 5.64. The van der Waals surface area contributed by atoms with E-state index in [-0.39, 0.29) is 18.7 Å². The maximum Gasteiger partial charge on any atom is 0.411 e. The summed E-state index contributed by atoms with van der Waals surface area (Å²) in [6.07, 6.45) is 11.1. The van der Waals surface area contributed by atoms with E-state index in [0.29, 0.717) is 19.0 Å². The number of unbranched alkanes of at least 4 members (excludes halogenated alkanes) is 1. The topological polar surface area (TPSA) is 76.6 Å². The van der Waals surface area contributed by atoms with E-state index in [9.17, 15) is 9.59 Å². The molecule has 4 fully saturated rings. The Bertz CT molecular complexity index is 635. The summed E-state index contributed by atoms with van der Waals surface area (Å²) in [5, 5.41) is 8.94. The number of amides is 1. The van der Waals surface area contributed by atoms with Gasteiger partial charge in [0.1, 0.15) is 0 Å². The van der Waals surface area contributed by atoms with E-state index >= 15 is 0 Å². The molecule has 2 atom stereocenters. The predicted octanol–water partition coefficient (Wildman–Crippen LogP) is 2.68. The molecule has 0 radical (unpaired) electrons.